The van der Waals surface area contributed by atoms with E-state index in [-0.39, 0.29) is 18.9 Å². The van der Waals surface area contributed by atoms with Crippen LogP contribution in [0.5, 0.6) is 0 Å². The number of amides is 1. The van der Waals surface area contributed by atoms with Crippen LogP contribution in [-0.4, -0.2) is 68.9 Å². The Morgan fingerprint density at radius 2 is 1.95 bits per heavy atom. The molecule has 0 rings (SSSR count). The van der Waals surface area contributed by atoms with Gasteiger partial charge in [0.1, 0.15) is 6.54 Å². The Morgan fingerprint density at radius 1 is 1.30 bits per heavy atom. The van der Waals surface area contributed by atoms with Gasteiger partial charge in [-0.25, -0.2) is 13.1 Å². The van der Waals surface area contributed by atoms with Crippen molar-refractivity contribution in [1.29, 1.82) is 0 Å². The Balaban J connectivity index is 4.32. The second-order valence-corrected chi connectivity index (χ2v) is 5.97. The summed E-state index contributed by atoms with van der Waals surface area (Å²) in [6.45, 7) is 3.40. The monoisotopic (exact) mass is 310 g/mol. The standard InChI is InChI=1S/C11H22N2O6S/c1-3-5-13(9-11(15)16)10(14)8-12-20(17,18)7-6-19-4-2/h12H,3-9H2,1-2H3,(H,15,16). The predicted octanol–water partition coefficient (Wildman–Crippen LogP) is -0.734. The number of hydrogen-bond donors (Lipinski definition) is 2. The van der Waals surface area contributed by atoms with Crippen LogP contribution >= 0.6 is 0 Å². The second-order valence-electron chi connectivity index (χ2n) is 4.05. The number of carbonyl (C=O) groups is 2. The molecule has 0 saturated carbocycles. The van der Waals surface area contributed by atoms with Gasteiger partial charge in [-0.3, -0.25) is 9.59 Å². The molecule has 0 aromatic carbocycles. The number of rotatable bonds is 11. The fraction of sp³-hybridized carbons (Fsp3) is 0.818. The molecule has 2 N–H and O–H groups in total. The van der Waals surface area contributed by atoms with E-state index in [2.05, 4.69) is 4.72 Å². The minimum Gasteiger partial charge on any atom is -0.480 e. The van der Waals surface area contributed by atoms with Crippen LogP contribution in [0.25, 0.3) is 0 Å². The molecule has 0 radical (unpaired) electrons. The number of hydrogen-bond acceptors (Lipinski definition) is 5. The third kappa shape index (κ3) is 8.83. The Hall–Kier alpha value is -1.19. The van der Waals surface area contributed by atoms with Gasteiger partial charge in [-0.15, -0.1) is 0 Å². The van der Waals surface area contributed by atoms with E-state index in [0.717, 1.165) is 4.90 Å². The predicted molar refractivity (Wildman–Crippen MR) is 72.8 cm³/mol. The van der Waals surface area contributed by atoms with Crippen molar-refractivity contribution in [3.8, 4) is 0 Å². The van der Waals surface area contributed by atoms with E-state index in [9.17, 15) is 18.0 Å². The van der Waals surface area contributed by atoms with Gasteiger partial charge in [0.2, 0.25) is 15.9 Å². The van der Waals surface area contributed by atoms with E-state index in [0.29, 0.717) is 13.0 Å². The summed E-state index contributed by atoms with van der Waals surface area (Å²) >= 11 is 0. The fourth-order valence-electron chi connectivity index (χ4n) is 1.39. The van der Waals surface area contributed by atoms with Crippen LogP contribution in [0, 0.1) is 0 Å². The first-order valence-corrected chi connectivity index (χ1v) is 8.02. The van der Waals surface area contributed by atoms with Gasteiger partial charge in [-0.05, 0) is 13.3 Å². The molecule has 1 amide bonds. The molecule has 0 saturated heterocycles. The lowest BCUT2D eigenvalue weighted by Crippen LogP contribution is -2.43. The van der Waals surface area contributed by atoms with Gasteiger partial charge in [-0.1, -0.05) is 6.92 Å². The van der Waals surface area contributed by atoms with Crippen molar-refractivity contribution < 1.29 is 27.9 Å². The van der Waals surface area contributed by atoms with Crippen molar-refractivity contribution in [2.24, 2.45) is 0 Å². The van der Waals surface area contributed by atoms with E-state index < -0.39 is 35.0 Å². The molecule has 0 spiro atoms. The van der Waals surface area contributed by atoms with Gasteiger partial charge in [-0.2, -0.15) is 0 Å². The number of ether oxygens (including phenoxy) is 1. The van der Waals surface area contributed by atoms with E-state index in [1.165, 1.54) is 0 Å². The topological polar surface area (TPSA) is 113 Å². The number of nitrogens with one attached hydrogen (secondary N) is 1. The number of carboxylic acids is 1. The molecule has 20 heavy (non-hydrogen) atoms. The lowest BCUT2D eigenvalue weighted by molar-refractivity contribution is -0.144. The first kappa shape index (κ1) is 18.8. The van der Waals surface area contributed by atoms with Gasteiger partial charge >= 0.3 is 5.97 Å². The SMILES string of the molecule is CCCN(CC(=O)O)C(=O)CNS(=O)(=O)CCOCC. The Labute approximate surface area is 119 Å². The molecule has 0 unspecified atom stereocenters. The minimum atomic E-state index is -3.60. The van der Waals surface area contributed by atoms with Gasteiger partial charge in [0.25, 0.3) is 0 Å². The molecule has 8 nitrogen and oxygen atoms in total. The number of aliphatic carboxylic acids is 1. The number of nitrogens with zero attached hydrogens (tertiary/aromatic N) is 1. The summed E-state index contributed by atoms with van der Waals surface area (Å²) in [6, 6.07) is 0. The van der Waals surface area contributed by atoms with Crippen LogP contribution in [0.15, 0.2) is 0 Å². The molecular weight excluding hydrogens is 288 g/mol. The van der Waals surface area contributed by atoms with Gasteiger partial charge < -0.3 is 14.7 Å². The highest BCUT2D eigenvalue weighted by Crippen LogP contribution is 1.94. The minimum absolute atomic E-state index is 0.0494. The Bertz CT molecular complexity index is 409. The molecule has 0 aromatic heterocycles. The molecule has 0 aromatic rings. The van der Waals surface area contributed by atoms with Gasteiger partial charge in [0.05, 0.1) is 18.9 Å². The third-order valence-corrected chi connectivity index (χ3v) is 3.60. The Morgan fingerprint density at radius 3 is 2.45 bits per heavy atom. The summed E-state index contributed by atoms with van der Waals surface area (Å²) in [5, 5.41) is 8.68. The maximum Gasteiger partial charge on any atom is 0.323 e. The zero-order valence-corrected chi connectivity index (χ0v) is 12.6. The number of sulfonamides is 1. The van der Waals surface area contributed by atoms with E-state index in [1.54, 1.807) is 13.8 Å². The maximum absolute atomic E-state index is 11.7. The summed E-state index contributed by atoms with van der Waals surface area (Å²) in [6.07, 6.45) is 0.593. The fourth-order valence-corrected chi connectivity index (χ4v) is 2.22. The quantitative estimate of drug-likeness (QED) is 0.486. The lowest BCUT2D eigenvalue weighted by Gasteiger charge is -2.20. The normalized spacial score (nSPS) is 11.3. The average Bonchev–Trinajstić information content (AvgIpc) is 2.35. The summed E-state index contributed by atoms with van der Waals surface area (Å²) < 4.78 is 30.1. The Kier molecular flexibility index (Phi) is 9.10. The zero-order valence-electron chi connectivity index (χ0n) is 11.8. The van der Waals surface area contributed by atoms with E-state index in [1.807, 2.05) is 0 Å². The first-order valence-electron chi connectivity index (χ1n) is 6.37. The van der Waals surface area contributed by atoms with Crippen LogP contribution in [0.3, 0.4) is 0 Å². The van der Waals surface area contributed by atoms with E-state index in [4.69, 9.17) is 9.84 Å². The molecular formula is C11H22N2O6S. The highest BCUT2D eigenvalue weighted by atomic mass is 32.2. The van der Waals surface area contributed by atoms with Crippen molar-refractivity contribution in [2.45, 2.75) is 20.3 Å². The molecule has 118 valence electrons. The van der Waals surface area contributed by atoms with Gasteiger partial charge in [0, 0.05) is 13.2 Å². The second kappa shape index (κ2) is 9.67. The summed E-state index contributed by atoms with van der Waals surface area (Å²) in [5.74, 6) is -1.93. The zero-order chi connectivity index (χ0) is 15.6. The van der Waals surface area contributed by atoms with Crippen molar-refractivity contribution in [3.63, 3.8) is 0 Å². The largest absolute Gasteiger partial charge is 0.480 e. The molecule has 0 aliphatic rings. The smallest absolute Gasteiger partial charge is 0.323 e. The first-order chi connectivity index (χ1) is 9.32. The third-order valence-electron chi connectivity index (χ3n) is 2.32. The van der Waals surface area contributed by atoms with Crippen LogP contribution in [-0.2, 0) is 24.3 Å². The molecule has 0 aliphatic carbocycles. The summed E-state index contributed by atoms with van der Waals surface area (Å²) in [7, 11) is -3.60. The van der Waals surface area contributed by atoms with Crippen molar-refractivity contribution in [1.82, 2.24) is 9.62 Å². The average molecular weight is 310 g/mol. The lowest BCUT2D eigenvalue weighted by atomic mass is 10.4. The van der Waals surface area contributed by atoms with Crippen LogP contribution in [0.1, 0.15) is 20.3 Å². The van der Waals surface area contributed by atoms with Crippen molar-refractivity contribution >= 4 is 21.9 Å². The molecule has 0 aliphatic heterocycles. The molecule has 0 fully saturated rings. The molecule has 0 atom stereocenters. The summed E-state index contributed by atoms with van der Waals surface area (Å²) in [5.41, 5.74) is 0. The van der Waals surface area contributed by atoms with Crippen molar-refractivity contribution in [3.05, 3.63) is 0 Å². The number of carboxylic acid groups (broad SMARTS) is 1. The molecule has 9 heteroatoms. The molecule has 0 bridgehead atoms. The maximum atomic E-state index is 11.7. The van der Waals surface area contributed by atoms with Crippen molar-refractivity contribution in [2.75, 3.05) is 38.6 Å². The highest BCUT2D eigenvalue weighted by molar-refractivity contribution is 7.89. The van der Waals surface area contributed by atoms with Crippen LogP contribution in [0.4, 0.5) is 0 Å². The molecule has 0 heterocycles. The van der Waals surface area contributed by atoms with Crippen LogP contribution in [0.2, 0.25) is 0 Å². The van der Waals surface area contributed by atoms with Gasteiger partial charge in [0.15, 0.2) is 0 Å². The van der Waals surface area contributed by atoms with E-state index >= 15 is 0 Å². The summed E-state index contributed by atoms with van der Waals surface area (Å²) in [4.78, 5) is 23.5. The van der Waals surface area contributed by atoms with Crippen LogP contribution < -0.4 is 4.72 Å². The number of carbonyl (C=O) groups excluding carboxylic acids is 1. The highest BCUT2D eigenvalue weighted by Gasteiger charge is 2.18.